The van der Waals surface area contributed by atoms with E-state index in [0.29, 0.717) is 6.42 Å². The van der Waals surface area contributed by atoms with E-state index < -0.39 is 17.7 Å². The zero-order chi connectivity index (χ0) is 14.0. The molecule has 4 nitrogen and oxygen atoms in total. The van der Waals surface area contributed by atoms with Gasteiger partial charge >= 0.3 is 6.09 Å². The second-order valence-corrected chi connectivity index (χ2v) is 5.32. The number of carbonyl (C=O) groups is 2. The number of ether oxygens (including phenoxy) is 1. The van der Waals surface area contributed by atoms with Gasteiger partial charge in [0.25, 0.3) is 0 Å². The Morgan fingerprint density at radius 3 is 2.50 bits per heavy atom. The smallest absolute Gasteiger partial charge is 0.408 e. The fraction of sp³-hybridized carbons (Fsp3) is 0.714. The third-order valence-corrected chi connectivity index (χ3v) is 2.29. The Balaban J connectivity index is 3.85. The highest BCUT2D eigenvalue weighted by Crippen LogP contribution is 2.08. The molecule has 0 bridgehead atoms. The van der Waals surface area contributed by atoms with Gasteiger partial charge in [-0.3, -0.25) is 0 Å². The molecule has 0 aliphatic heterocycles. The second kappa shape index (κ2) is 8.72. The molecule has 0 aromatic carbocycles. The zero-order valence-electron chi connectivity index (χ0n) is 11.7. The molecule has 104 valence electrons. The molecule has 0 radical (unpaired) electrons. The predicted molar refractivity (Wildman–Crippen MR) is 72.5 cm³/mol. The first-order valence-corrected chi connectivity index (χ1v) is 6.44. The lowest BCUT2D eigenvalue weighted by atomic mass is 10.1. The van der Waals surface area contributed by atoms with Gasteiger partial charge in [-0.15, -0.1) is 6.58 Å². The molecule has 0 saturated carbocycles. The third-order valence-electron chi connectivity index (χ3n) is 2.29. The Morgan fingerprint density at radius 1 is 1.33 bits per heavy atom. The quantitative estimate of drug-likeness (QED) is 0.411. The Labute approximate surface area is 110 Å². The molecular formula is C14H25NO3. The van der Waals surface area contributed by atoms with Crippen LogP contribution in [0.25, 0.3) is 0 Å². The van der Waals surface area contributed by atoms with Gasteiger partial charge in [0.05, 0.1) is 6.04 Å². The lowest BCUT2D eigenvalue weighted by Crippen LogP contribution is -2.39. The van der Waals surface area contributed by atoms with E-state index in [4.69, 9.17) is 4.74 Å². The molecule has 1 N–H and O–H groups in total. The first kappa shape index (κ1) is 16.7. The molecule has 1 amide bonds. The van der Waals surface area contributed by atoms with Crippen LogP contribution in [0.15, 0.2) is 12.7 Å². The summed E-state index contributed by atoms with van der Waals surface area (Å²) in [6, 6.07) is -0.455. The van der Waals surface area contributed by atoms with Crippen molar-refractivity contribution in [2.24, 2.45) is 0 Å². The van der Waals surface area contributed by atoms with E-state index in [2.05, 4.69) is 11.9 Å². The molecule has 18 heavy (non-hydrogen) atoms. The summed E-state index contributed by atoms with van der Waals surface area (Å²) in [6.07, 6.45) is 6.77. The minimum absolute atomic E-state index is 0.455. The van der Waals surface area contributed by atoms with Crippen LogP contribution in [0, 0.1) is 0 Å². The minimum atomic E-state index is -0.540. The number of unbranched alkanes of at least 4 members (excludes halogenated alkanes) is 3. The van der Waals surface area contributed by atoms with Crippen molar-refractivity contribution in [2.45, 2.75) is 64.5 Å². The normalized spacial score (nSPS) is 12.6. The number of amides is 1. The summed E-state index contributed by atoms with van der Waals surface area (Å²) in [5.41, 5.74) is -0.540. The van der Waals surface area contributed by atoms with Crippen LogP contribution in [0.4, 0.5) is 4.79 Å². The van der Waals surface area contributed by atoms with Crippen LogP contribution < -0.4 is 5.32 Å². The van der Waals surface area contributed by atoms with Gasteiger partial charge in [0, 0.05) is 0 Å². The van der Waals surface area contributed by atoms with Gasteiger partial charge in [0.15, 0.2) is 0 Å². The number of rotatable bonds is 8. The number of alkyl carbamates (subject to hydrolysis) is 1. The Hall–Kier alpha value is -1.32. The molecule has 1 atom stereocenters. The van der Waals surface area contributed by atoms with Crippen LogP contribution in [-0.4, -0.2) is 24.0 Å². The monoisotopic (exact) mass is 255 g/mol. The maximum Gasteiger partial charge on any atom is 0.408 e. The summed E-state index contributed by atoms with van der Waals surface area (Å²) in [5.74, 6) is 0. The van der Waals surface area contributed by atoms with Crippen LogP contribution in [-0.2, 0) is 9.53 Å². The molecule has 0 aromatic rings. The summed E-state index contributed by atoms with van der Waals surface area (Å²) in [6.45, 7) is 9.02. The molecule has 0 fully saturated rings. The van der Waals surface area contributed by atoms with Crippen molar-refractivity contribution in [2.75, 3.05) is 0 Å². The standard InChI is InChI=1S/C14H25NO3/c1-5-6-7-8-9-10-12(11-16)15-13(17)18-14(2,3)4/h5,11-12H,1,6-10H2,2-4H3,(H,15,17)/t12-/m0/s1. The van der Waals surface area contributed by atoms with E-state index in [-0.39, 0.29) is 0 Å². The van der Waals surface area contributed by atoms with Crippen molar-refractivity contribution in [3.05, 3.63) is 12.7 Å². The zero-order valence-corrected chi connectivity index (χ0v) is 11.7. The van der Waals surface area contributed by atoms with E-state index in [1.165, 1.54) is 0 Å². The lowest BCUT2D eigenvalue weighted by molar-refractivity contribution is -0.109. The third kappa shape index (κ3) is 9.87. The summed E-state index contributed by atoms with van der Waals surface area (Å²) in [4.78, 5) is 22.3. The number of nitrogens with one attached hydrogen (secondary N) is 1. The molecule has 0 heterocycles. The van der Waals surface area contributed by atoms with E-state index in [1.807, 2.05) is 6.08 Å². The SMILES string of the molecule is C=CCCCCC[C@@H](C=O)NC(=O)OC(C)(C)C. The van der Waals surface area contributed by atoms with Crippen molar-refractivity contribution in [1.29, 1.82) is 0 Å². The molecular weight excluding hydrogens is 230 g/mol. The van der Waals surface area contributed by atoms with Gasteiger partial charge in [-0.25, -0.2) is 4.79 Å². The summed E-state index contributed by atoms with van der Waals surface area (Å²) in [7, 11) is 0. The molecule has 0 aliphatic rings. The maximum atomic E-state index is 11.5. The Kier molecular flexibility index (Phi) is 8.08. The van der Waals surface area contributed by atoms with Gasteiger partial charge in [-0.2, -0.15) is 0 Å². The Morgan fingerprint density at radius 2 is 2.00 bits per heavy atom. The molecule has 0 unspecified atom stereocenters. The van der Waals surface area contributed by atoms with Crippen LogP contribution in [0.1, 0.15) is 52.9 Å². The van der Waals surface area contributed by atoms with Gasteiger partial charge in [-0.05, 0) is 40.0 Å². The minimum Gasteiger partial charge on any atom is -0.444 e. The fourth-order valence-corrected chi connectivity index (χ4v) is 1.46. The molecule has 4 heteroatoms. The van der Waals surface area contributed by atoms with E-state index in [1.54, 1.807) is 20.8 Å². The molecule has 0 rings (SSSR count). The Bertz CT molecular complexity index is 269. The molecule has 0 aliphatic carbocycles. The van der Waals surface area contributed by atoms with Crippen molar-refractivity contribution in [1.82, 2.24) is 5.32 Å². The van der Waals surface area contributed by atoms with Crippen LogP contribution in [0.5, 0.6) is 0 Å². The first-order chi connectivity index (χ1) is 8.39. The van der Waals surface area contributed by atoms with Crippen LogP contribution in [0.3, 0.4) is 0 Å². The fourth-order valence-electron chi connectivity index (χ4n) is 1.46. The van der Waals surface area contributed by atoms with Crippen molar-refractivity contribution in [3.8, 4) is 0 Å². The van der Waals surface area contributed by atoms with E-state index in [9.17, 15) is 9.59 Å². The summed E-state index contributed by atoms with van der Waals surface area (Å²) < 4.78 is 5.09. The highest BCUT2D eigenvalue weighted by molar-refractivity contribution is 5.73. The number of allylic oxidation sites excluding steroid dienone is 1. The summed E-state index contributed by atoms with van der Waals surface area (Å²) >= 11 is 0. The van der Waals surface area contributed by atoms with Gasteiger partial charge in [0.1, 0.15) is 11.9 Å². The van der Waals surface area contributed by atoms with Gasteiger partial charge < -0.3 is 14.8 Å². The predicted octanol–water partition coefficient (Wildman–Crippen LogP) is 3.22. The molecule has 0 aromatic heterocycles. The molecule has 0 saturated heterocycles. The summed E-state index contributed by atoms with van der Waals surface area (Å²) in [5, 5.41) is 2.56. The first-order valence-electron chi connectivity index (χ1n) is 6.44. The largest absolute Gasteiger partial charge is 0.444 e. The average Bonchev–Trinajstić information content (AvgIpc) is 2.24. The van der Waals surface area contributed by atoms with Gasteiger partial charge in [0.2, 0.25) is 0 Å². The van der Waals surface area contributed by atoms with Crippen molar-refractivity contribution in [3.63, 3.8) is 0 Å². The number of carbonyl (C=O) groups excluding carboxylic acids is 2. The van der Waals surface area contributed by atoms with Gasteiger partial charge in [-0.1, -0.05) is 18.9 Å². The lowest BCUT2D eigenvalue weighted by Gasteiger charge is -2.21. The van der Waals surface area contributed by atoms with Crippen LogP contribution >= 0.6 is 0 Å². The van der Waals surface area contributed by atoms with E-state index in [0.717, 1.165) is 32.0 Å². The number of aldehydes is 1. The van der Waals surface area contributed by atoms with Crippen LogP contribution in [0.2, 0.25) is 0 Å². The molecule has 0 spiro atoms. The average molecular weight is 255 g/mol. The number of hydrogen-bond acceptors (Lipinski definition) is 3. The van der Waals surface area contributed by atoms with Crippen molar-refractivity contribution < 1.29 is 14.3 Å². The highest BCUT2D eigenvalue weighted by atomic mass is 16.6. The van der Waals surface area contributed by atoms with Crippen molar-refractivity contribution >= 4 is 12.4 Å². The highest BCUT2D eigenvalue weighted by Gasteiger charge is 2.18. The second-order valence-electron chi connectivity index (χ2n) is 5.32. The maximum absolute atomic E-state index is 11.5. The topological polar surface area (TPSA) is 55.4 Å². The van der Waals surface area contributed by atoms with E-state index >= 15 is 0 Å². The number of hydrogen-bond donors (Lipinski definition) is 1.